The number of likely N-dealkylation sites (tertiary alicyclic amines) is 1. The molecular weight excluding hydrogens is 288 g/mol. The molecule has 0 N–H and O–H groups in total. The third-order valence-electron chi connectivity index (χ3n) is 3.62. The van der Waals surface area contributed by atoms with E-state index >= 15 is 0 Å². The predicted molar refractivity (Wildman–Crippen MR) is 82.3 cm³/mol. The Morgan fingerprint density at radius 2 is 2.29 bits per heavy atom. The Morgan fingerprint density at radius 3 is 2.86 bits per heavy atom. The smallest absolute Gasteiger partial charge is 0.410 e. The number of carbonyl (C=O) groups is 1. The summed E-state index contributed by atoms with van der Waals surface area (Å²) in [5.41, 5.74) is 1.08. The molecule has 1 fully saturated rings. The molecule has 21 heavy (non-hydrogen) atoms. The molecule has 5 nitrogen and oxygen atoms in total. The fourth-order valence-electron chi connectivity index (χ4n) is 2.37. The van der Waals surface area contributed by atoms with E-state index in [1.165, 1.54) is 0 Å². The highest BCUT2D eigenvalue weighted by Crippen LogP contribution is 2.31. The third-order valence-corrected chi connectivity index (χ3v) is 4.37. The van der Waals surface area contributed by atoms with Gasteiger partial charge in [0.1, 0.15) is 5.60 Å². The van der Waals surface area contributed by atoms with Gasteiger partial charge in [-0.1, -0.05) is 6.92 Å². The van der Waals surface area contributed by atoms with Crippen LogP contribution in [0.25, 0.3) is 0 Å². The molecule has 1 aliphatic heterocycles. The Balaban J connectivity index is 1.92. The maximum Gasteiger partial charge on any atom is 0.410 e. The number of hydrogen-bond donors (Lipinski definition) is 0. The van der Waals surface area contributed by atoms with Crippen molar-refractivity contribution in [2.24, 2.45) is 0 Å². The highest BCUT2D eigenvalue weighted by atomic mass is 32.1. The van der Waals surface area contributed by atoms with Crippen molar-refractivity contribution in [3.8, 4) is 0 Å². The van der Waals surface area contributed by atoms with Gasteiger partial charge >= 0.3 is 6.09 Å². The minimum absolute atomic E-state index is 0.251. The Kier molecular flexibility index (Phi) is 4.88. The van der Waals surface area contributed by atoms with Gasteiger partial charge in [-0.15, -0.1) is 11.3 Å². The van der Waals surface area contributed by atoms with Crippen LogP contribution >= 0.6 is 11.3 Å². The first kappa shape index (κ1) is 16.2. The molecule has 0 radical (unpaired) electrons. The minimum atomic E-state index is -0.460. The lowest BCUT2D eigenvalue weighted by molar-refractivity contribution is -0.0518. The van der Waals surface area contributed by atoms with Gasteiger partial charge in [0, 0.05) is 12.7 Å². The molecule has 0 aromatic carbocycles. The third kappa shape index (κ3) is 4.41. The van der Waals surface area contributed by atoms with E-state index in [1.54, 1.807) is 21.7 Å². The lowest BCUT2D eigenvalue weighted by Crippen LogP contribution is -2.40. The first-order valence-electron chi connectivity index (χ1n) is 7.33. The lowest BCUT2D eigenvalue weighted by Gasteiger charge is -2.29. The van der Waals surface area contributed by atoms with Crippen molar-refractivity contribution in [2.45, 2.75) is 58.3 Å². The highest BCUT2D eigenvalue weighted by molar-refractivity contribution is 7.09. The van der Waals surface area contributed by atoms with Gasteiger partial charge in [0.05, 0.1) is 29.1 Å². The Bertz CT molecular complexity index is 470. The molecule has 1 amide bonds. The SMILES string of the molecule is CCC1(OCc2cncs2)CCN(C(=O)OC(C)(C)C)C1. The second-order valence-corrected chi connectivity index (χ2v) is 7.42. The summed E-state index contributed by atoms with van der Waals surface area (Å²) >= 11 is 1.59. The van der Waals surface area contributed by atoms with Gasteiger partial charge in [-0.25, -0.2) is 4.79 Å². The summed E-state index contributed by atoms with van der Waals surface area (Å²) in [7, 11) is 0. The molecule has 118 valence electrons. The van der Waals surface area contributed by atoms with Crippen molar-refractivity contribution in [1.82, 2.24) is 9.88 Å². The lowest BCUT2D eigenvalue weighted by atomic mass is 10.00. The molecule has 1 aromatic heterocycles. The predicted octanol–water partition coefficient (Wildman–Crippen LogP) is 3.45. The summed E-state index contributed by atoms with van der Waals surface area (Å²) in [6, 6.07) is 0. The van der Waals surface area contributed by atoms with Crippen LogP contribution in [0.1, 0.15) is 45.4 Å². The number of nitrogens with zero attached hydrogens (tertiary/aromatic N) is 2. The summed E-state index contributed by atoms with van der Waals surface area (Å²) in [4.78, 5) is 19.1. The van der Waals surface area contributed by atoms with Crippen molar-refractivity contribution in [3.05, 3.63) is 16.6 Å². The quantitative estimate of drug-likeness (QED) is 0.854. The molecule has 1 unspecified atom stereocenters. The second-order valence-electron chi connectivity index (χ2n) is 6.44. The van der Waals surface area contributed by atoms with Crippen LogP contribution in [0.4, 0.5) is 4.79 Å². The van der Waals surface area contributed by atoms with E-state index in [2.05, 4.69) is 11.9 Å². The zero-order valence-corrected chi connectivity index (χ0v) is 14.0. The molecule has 0 saturated carbocycles. The van der Waals surface area contributed by atoms with E-state index in [9.17, 15) is 4.79 Å². The molecule has 1 atom stereocenters. The number of amides is 1. The number of thiazole rings is 1. The molecular formula is C15H24N2O3S. The van der Waals surface area contributed by atoms with E-state index in [-0.39, 0.29) is 11.7 Å². The first-order valence-corrected chi connectivity index (χ1v) is 8.21. The van der Waals surface area contributed by atoms with Gasteiger partial charge in [-0.2, -0.15) is 0 Å². The number of ether oxygens (including phenoxy) is 2. The van der Waals surface area contributed by atoms with Crippen molar-refractivity contribution < 1.29 is 14.3 Å². The fraction of sp³-hybridized carbons (Fsp3) is 0.733. The van der Waals surface area contributed by atoms with Crippen LogP contribution in [-0.2, 0) is 16.1 Å². The van der Waals surface area contributed by atoms with Gasteiger partial charge in [0.15, 0.2) is 0 Å². The molecule has 0 spiro atoms. The topological polar surface area (TPSA) is 51.7 Å². The van der Waals surface area contributed by atoms with E-state index in [1.807, 2.05) is 27.0 Å². The van der Waals surface area contributed by atoms with Crippen LogP contribution in [0.15, 0.2) is 11.7 Å². The number of carbonyl (C=O) groups excluding carboxylic acids is 1. The van der Waals surface area contributed by atoms with E-state index in [0.29, 0.717) is 19.7 Å². The van der Waals surface area contributed by atoms with Crippen molar-refractivity contribution >= 4 is 17.4 Å². The Hall–Kier alpha value is -1.14. The molecule has 6 heteroatoms. The standard InChI is InChI=1S/C15H24N2O3S/c1-5-15(19-9-12-8-16-11-21-12)6-7-17(10-15)13(18)20-14(2,3)4/h8,11H,5-7,9-10H2,1-4H3. The Labute approximate surface area is 130 Å². The Morgan fingerprint density at radius 1 is 1.52 bits per heavy atom. The number of rotatable bonds is 4. The molecule has 1 saturated heterocycles. The fourth-order valence-corrected chi connectivity index (χ4v) is 2.88. The first-order chi connectivity index (χ1) is 9.84. The van der Waals surface area contributed by atoms with Gasteiger partial charge in [0.2, 0.25) is 0 Å². The summed E-state index contributed by atoms with van der Waals surface area (Å²) in [6.45, 7) is 9.59. The second kappa shape index (κ2) is 6.32. The summed E-state index contributed by atoms with van der Waals surface area (Å²) in [5, 5.41) is 0. The minimum Gasteiger partial charge on any atom is -0.444 e. The number of hydrogen-bond acceptors (Lipinski definition) is 5. The molecule has 1 aromatic rings. The maximum absolute atomic E-state index is 12.1. The number of aromatic nitrogens is 1. The van der Waals surface area contributed by atoms with Crippen molar-refractivity contribution in [2.75, 3.05) is 13.1 Å². The van der Waals surface area contributed by atoms with E-state index < -0.39 is 5.60 Å². The largest absolute Gasteiger partial charge is 0.444 e. The van der Waals surface area contributed by atoms with Gasteiger partial charge < -0.3 is 14.4 Å². The van der Waals surface area contributed by atoms with Crippen LogP contribution < -0.4 is 0 Å². The molecule has 0 aliphatic carbocycles. The van der Waals surface area contributed by atoms with Crippen molar-refractivity contribution in [1.29, 1.82) is 0 Å². The van der Waals surface area contributed by atoms with E-state index in [4.69, 9.17) is 9.47 Å². The monoisotopic (exact) mass is 312 g/mol. The highest BCUT2D eigenvalue weighted by Gasteiger charge is 2.41. The molecule has 2 rings (SSSR count). The van der Waals surface area contributed by atoms with Crippen LogP contribution in [-0.4, -0.2) is 40.3 Å². The average molecular weight is 312 g/mol. The average Bonchev–Trinajstić information content (AvgIpc) is 3.05. The summed E-state index contributed by atoms with van der Waals surface area (Å²) in [5.74, 6) is 0. The van der Waals surface area contributed by atoms with Gasteiger partial charge in [-0.05, 0) is 33.6 Å². The van der Waals surface area contributed by atoms with Crippen LogP contribution in [0.2, 0.25) is 0 Å². The normalized spacial score (nSPS) is 22.6. The van der Waals surface area contributed by atoms with Gasteiger partial charge in [-0.3, -0.25) is 4.98 Å². The molecule has 1 aliphatic rings. The van der Waals surface area contributed by atoms with Gasteiger partial charge in [0.25, 0.3) is 0 Å². The zero-order valence-electron chi connectivity index (χ0n) is 13.2. The summed E-state index contributed by atoms with van der Waals surface area (Å²) < 4.78 is 11.5. The van der Waals surface area contributed by atoms with Crippen LogP contribution in [0, 0.1) is 0 Å². The van der Waals surface area contributed by atoms with Crippen LogP contribution in [0.5, 0.6) is 0 Å². The zero-order chi connectivity index (χ0) is 15.5. The van der Waals surface area contributed by atoms with Crippen LogP contribution in [0.3, 0.4) is 0 Å². The maximum atomic E-state index is 12.1. The summed E-state index contributed by atoms with van der Waals surface area (Å²) in [6.07, 6.45) is 3.31. The molecule has 2 heterocycles. The molecule has 0 bridgehead atoms. The van der Waals surface area contributed by atoms with Crippen molar-refractivity contribution in [3.63, 3.8) is 0 Å². The van der Waals surface area contributed by atoms with E-state index in [0.717, 1.165) is 17.7 Å².